The topological polar surface area (TPSA) is 0 Å². The van der Waals surface area contributed by atoms with E-state index < -0.39 is 0 Å². The Hall–Kier alpha value is -2.52. The number of rotatable bonds is 0. The van der Waals surface area contributed by atoms with Gasteiger partial charge in [0.25, 0.3) is 0 Å². The molecule has 0 amide bonds. The second kappa shape index (κ2) is 5.11. The molecule has 2 aliphatic carbocycles. The van der Waals surface area contributed by atoms with Crippen LogP contribution >= 0.6 is 0 Å². The first-order valence-corrected chi connectivity index (χ1v) is 7.50. The summed E-state index contributed by atoms with van der Waals surface area (Å²) in [4.78, 5) is 0. The van der Waals surface area contributed by atoms with Gasteiger partial charge in [-0.3, -0.25) is 0 Å². The Morgan fingerprint density at radius 3 is 2.71 bits per heavy atom. The Kier molecular flexibility index (Phi) is 2.98. The molecule has 0 saturated heterocycles. The van der Waals surface area contributed by atoms with Gasteiger partial charge in [-0.05, 0) is 76.6 Å². The summed E-state index contributed by atoms with van der Waals surface area (Å²) < 4.78 is 0. The van der Waals surface area contributed by atoms with Crippen molar-refractivity contribution in [2.75, 3.05) is 0 Å². The lowest BCUT2D eigenvalue weighted by Crippen LogP contribution is -2.02. The monoisotopic (exact) mass is 268 g/mol. The minimum Gasteiger partial charge on any atom is -0.129 e. The van der Waals surface area contributed by atoms with Crippen LogP contribution in [0.3, 0.4) is 0 Å². The maximum atomic E-state index is 3.29. The predicted octanol–water partition coefficient (Wildman–Crippen LogP) is 5.23. The lowest BCUT2D eigenvalue weighted by molar-refractivity contribution is 0.970. The maximum absolute atomic E-state index is 3.29. The molecule has 2 aromatic rings. The molecular formula is C21H16. The van der Waals surface area contributed by atoms with Gasteiger partial charge < -0.3 is 0 Å². The van der Waals surface area contributed by atoms with E-state index in [0.29, 0.717) is 0 Å². The van der Waals surface area contributed by atoms with E-state index in [2.05, 4.69) is 66.1 Å². The van der Waals surface area contributed by atoms with Crippen LogP contribution in [0.25, 0.3) is 22.9 Å². The van der Waals surface area contributed by atoms with E-state index in [1.165, 1.54) is 33.0 Å². The van der Waals surface area contributed by atoms with E-state index in [4.69, 9.17) is 0 Å². The highest BCUT2D eigenvalue weighted by Crippen LogP contribution is 2.35. The molecule has 0 heterocycles. The fraction of sp³-hybridized carbons (Fsp3) is 0.143. The quantitative estimate of drug-likeness (QED) is 0.573. The highest BCUT2D eigenvalue weighted by atomic mass is 14.2. The SMILES string of the molecule is C1=CCCc2c3c(c4ccccc4c2CC=1)C=CC=C=C3. The zero-order valence-electron chi connectivity index (χ0n) is 11.9. The molecule has 2 aromatic carbocycles. The zero-order chi connectivity index (χ0) is 14.1. The van der Waals surface area contributed by atoms with Gasteiger partial charge in [0.2, 0.25) is 0 Å². The molecule has 0 atom stereocenters. The molecule has 0 fully saturated rings. The van der Waals surface area contributed by atoms with Gasteiger partial charge in [0.05, 0.1) is 0 Å². The molecule has 0 saturated carbocycles. The maximum Gasteiger partial charge on any atom is -0.00122 e. The van der Waals surface area contributed by atoms with Crippen LogP contribution in [0, 0.1) is 0 Å². The second-order valence-corrected chi connectivity index (χ2v) is 5.48. The van der Waals surface area contributed by atoms with E-state index in [1.807, 2.05) is 6.08 Å². The van der Waals surface area contributed by atoms with Gasteiger partial charge in [0, 0.05) is 0 Å². The minimum absolute atomic E-state index is 0.959. The summed E-state index contributed by atoms with van der Waals surface area (Å²) in [7, 11) is 0. The molecule has 0 N–H and O–H groups in total. The first kappa shape index (κ1) is 12.2. The number of hydrogen-bond acceptors (Lipinski definition) is 0. The van der Waals surface area contributed by atoms with Crippen molar-refractivity contribution in [3.05, 3.63) is 82.3 Å². The van der Waals surface area contributed by atoms with Crippen molar-refractivity contribution in [3.63, 3.8) is 0 Å². The highest BCUT2D eigenvalue weighted by Gasteiger charge is 2.16. The van der Waals surface area contributed by atoms with Gasteiger partial charge in [-0.1, -0.05) is 36.4 Å². The summed E-state index contributed by atoms with van der Waals surface area (Å²) in [5.74, 6) is 0. The Morgan fingerprint density at radius 1 is 0.857 bits per heavy atom. The lowest BCUT2D eigenvalue weighted by Gasteiger charge is -2.19. The highest BCUT2D eigenvalue weighted by molar-refractivity contribution is 5.98. The summed E-state index contributed by atoms with van der Waals surface area (Å²) in [6, 6.07) is 8.76. The average molecular weight is 268 g/mol. The number of benzene rings is 2. The predicted molar refractivity (Wildman–Crippen MR) is 90.2 cm³/mol. The smallest absolute Gasteiger partial charge is 0.00122 e. The molecule has 0 aromatic heterocycles. The Morgan fingerprint density at radius 2 is 1.76 bits per heavy atom. The third-order valence-corrected chi connectivity index (χ3v) is 4.29. The van der Waals surface area contributed by atoms with Crippen LogP contribution in [0.15, 0.2) is 60.0 Å². The molecule has 100 valence electrons. The van der Waals surface area contributed by atoms with Crippen molar-refractivity contribution in [1.29, 1.82) is 0 Å². The van der Waals surface area contributed by atoms with E-state index in [-0.39, 0.29) is 0 Å². The van der Waals surface area contributed by atoms with Gasteiger partial charge in [0.15, 0.2) is 0 Å². The fourth-order valence-corrected chi connectivity index (χ4v) is 3.35. The van der Waals surface area contributed by atoms with Crippen LogP contribution in [0.1, 0.15) is 28.7 Å². The summed E-state index contributed by atoms with van der Waals surface area (Å²) in [6.07, 6.45) is 15.8. The number of allylic oxidation sites excluding steroid dienone is 3. The summed E-state index contributed by atoms with van der Waals surface area (Å²) in [5.41, 5.74) is 12.2. The van der Waals surface area contributed by atoms with E-state index in [1.54, 1.807) is 0 Å². The Labute approximate surface area is 125 Å². The van der Waals surface area contributed by atoms with Crippen molar-refractivity contribution in [3.8, 4) is 0 Å². The first-order chi connectivity index (χ1) is 10.4. The van der Waals surface area contributed by atoms with Gasteiger partial charge in [0.1, 0.15) is 0 Å². The number of hydrogen-bond donors (Lipinski definition) is 0. The summed E-state index contributed by atoms with van der Waals surface area (Å²) >= 11 is 0. The van der Waals surface area contributed by atoms with E-state index >= 15 is 0 Å². The van der Waals surface area contributed by atoms with Crippen molar-refractivity contribution < 1.29 is 0 Å². The van der Waals surface area contributed by atoms with E-state index in [9.17, 15) is 0 Å². The number of fused-ring (bicyclic) bond motifs is 6. The van der Waals surface area contributed by atoms with Crippen molar-refractivity contribution >= 4 is 22.9 Å². The van der Waals surface area contributed by atoms with Crippen molar-refractivity contribution in [1.82, 2.24) is 0 Å². The minimum atomic E-state index is 0.959. The van der Waals surface area contributed by atoms with Gasteiger partial charge in [-0.15, -0.1) is 11.5 Å². The Bertz CT molecular complexity index is 878. The third kappa shape index (κ3) is 2.03. The van der Waals surface area contributed by atoms with Gasteiger partial charge in [-0.25, -0.2) is 0 Å². The third-order valence-electron chi connectivity index (χ3n) is 4.29. The van der Waals surface area contributed by atoms with Gasteiger partial charge >= 0.3 is 0 Å². The molecule has 0 bridgehead atoms. The molecule has 2 aliphatic rings. The van der Waals surface area contributed by atoms with Crippen molar-refractivity contribution in [2.45, 2.75) is 19.3 Å². The van der Waals surface area contributed by atoms with Crippen LogP contribution < -0.4 is 0 Å². The molecule has 0 unspecified atom stereocenters. The Balaban J connectivity index is 2.16. The molecule has 0 spiro atoms. The lowest BCUT2D eigenvalue weighted by atomic mass is 9.85. The second-order valence-electron chi connectivity index (χ2n) is 5.48. The summed E-state index contributed by atoms with van der Waals surface area (Å²) in [6.45, 7) is 0. The van der Waals surface area contributed by atoms with Crippen LogP contribution in [0.4, 0.5) is 0 Å². The molecule has 0 radical (unpaired) electrons. The summed E-state index contributed by atoms with van der Waals surface area (Å²) in [5, 5.41) is 2.72. The average Bonchev–Trinajstić information content (AvgIpc) is 2.73. The molecular weight excluding hydrogens is 252 g/mol. The van der Waals surface area contributed by atoms with Crippen LogP contribution in [0.2, 0.25) is 0 Å². The van der Waals surface area contributed by atoms with Gasteiger partial charge in [-0.2, -0.15) is 0 Å². The molecule has 0 nitrogen and oxygen atoms in total. The van der Waals surface area contributed by atoms with Crippen molar-refractivity contribution in [2.24, 2.45) is 0 Å². The molecule has 4 rings (SSSR count). The van der Waals surface area contributed by atoms with Crippen LogP contribution in [-0.4, -0.2) is 0 Å². The molecule has 0 heteroatoms. The molecule has 21 heavy (non-hydrogen) atoms. The first-order valence-electron chi connectivity index (χ1n) is 7.50. The zero-order valence-corrected chi connectivity index (χ0v) is 11.9. The largest absolute Gasteiger partial charge is 0.129 e. The molecule has 0 aliphatic heterocycles. The van der Waals surface area contributed by atoms with Crippen LogP contribution in [0.5, 0.6) is 0 Å². The van der Waals surface area contributed by atoms with E-state index in [0.717, 1.165) is 19.3 Å². The standard InChI is InChI=1S/C21H16/c1-2-5-11-17-16(10-4-1)18-12-6-3-7-13-19(18)21-15-9-8-14-20(17)21/h1,3,5,7-9,12-15H,4,10-11H2. The fourth-order valence-electron chi connectivity index (χ4n) is 3.35. The van der Waals surface area contributed by atoms with Crippen LogP contribution in [-0.2, 0) is 12.8 Å². The normalized spacial score (nSPS) is 15.4.